The van der Waals surface area contributed by atoms with Crippen molar-refractivity contribution in [3.05, 3.63) is 34.1 Å². The average Bonchev–Trinajstić information content (AvgIpc) is 2.96. The van der Waals surface area contributed by atoms with E-state index in [-0.39, 0.29) is 11.9 Å². The largest absolute Gasteiger partial charge is 0.375 e. The summed E-state index contributed by atoms with van der Waals surface area (Å²) >= 11 is 3.37. The van der Waals surface area contributed by atoms with E-state index in [1.807, 2.05) is 6.07 Å². The Balaban J connectivity index is 1.70. The fraction of sp³-hybridized carbons (Fsp3) is 0.571. The Morgan fingerprint density at radius 1 is 1.44 bits per heavy atom. The van der Waals surface area contributed by atoms with Crippen LogP contribution in [-0.2, 0) is 11.2 Å². The van der Waals surface area contributed by atoms with Crippen molar-refractivity contribution in [3.8, 4) is 0 Å². The van der Waals surface area contributed by atoms with E-state index < -0.39 is 0 Å². The molecule has 0 amide bonds. The molecule has 4 unspecified atom stereocenters. The van der Waals surface area contributed by atoms with Gasteiger partial charge in [0, 0.05) is 16.4 Å². The summed E-state index contributed by atoms with van der Waals surface area (Å²) < 4.78 is 20.4. The predicted octanol–water partition coefficient (Wildman–Crippen LogP) is 3.03. The van der Waals surface area contributed by atoms with Gasteiger partial charge in [-0.1, -0.05) is 15.9 Å². The molecule has 2 heterocycles. The molecule has 0 radical (unpaired) electrons. The molecule has 2 N–H and O–H groups in total. The van der Waals surface area contributed by atoms with Crippen LogP contribution in [0.4, 0.5) is 4.39 Å². The molecule has 2 saturated heterocycles. The van der Waals surface area contributed by atoms with Crippen molar-refractivity contribution in [2.45, 2.75) is 43.9 Å². The lowest BCUT2D eigenvalue weighted by atomic mass is 9.82. The van der Waals surface area contributed by atoms with E-state index in [1.165, 1.54) is 12.5 Å². The number of nitrogens with two attached hydrogens (primary N) is 1. The predicted molar refractivity (Wildman–Crippen MR) is 71.8 cm³/mol. The second kappa shape index (κ2) is 4.91. The topological polar surface area (TPSA) is 35.2 Å². The van der Waals surface area contributed by atoms with Crippen LogP contribution in [0.15, 0.2) is 22.7 Å². The summed E-state index contributed by atoms with van der Waals surface area (Å²) in [6.45, 7) is 0. The van der Waals surface area contributed by atoms with Gasteiger partial charge in [-0.05, 0) is 49.4 Å². The summed E-state index contributed by atoms with van der Waals surface area (Å²) in [5.74, 6) is 0.222. The zero-order valence-electron chi connectivity index (χ0n) is 10.1. The first kappa shape index (κ1) is 12.6. The number of rotatable bonds is 3. The average molecular weight is 314 g/mol. The molecule has 18 heavy (non-hydrogen) atoms. The maximum absolute atomic E-state index is 13.7. The molecule has 2 bridgehead atoms. The number of hydrogen-bond donors (Lipinski definition) is 1. The molecular formula is C14H17BrFNO. The van der Waals surface area contributed by atoms with E-state index in [0.717, 1.165) is 17.3 Å². The van der Waals surface area contributed by atoms with Gasteiger partial charge in [0.1, 0.15) is 5.82 Å². The summed E-state index contributed by atoms with van der Waals surface area (Å²) in [6.07, 6.45) is 4.62. The quantitative estimate of drug-likeness (QED) is 0.931. The fourth-order valence-corrected chi connectivity index (χ4v) is 3.64. The van der Waals surface area contributed by atoms with Gasteiger partial charge in [0.15, 0.2) is 0 Å². The van der Waals surface area contributed by atoms with Crippen LogP contribution in [0, 0.1) is 11.7 Å². The van der Waals surface area contributed by atoms with E-state index in [0.29, 0.717) is 30.1 Å². The number of ether oxygens (including phenoxy) is 1. The van der Waals surface area contributed by atoms with Gasteiger partial charge < -0.3 is 10.5 Å². The Kier molecular flexibility index (Phi) is 3.43. The zero-order chi connectivity index (χ0) is 12.7. The Morgan fingerprint density at radius 2 is 2.28 bits per heavy atom. The van der Waals surface area contributed by atoms with E-state index in [2.05, 4.69) is 15.9 Å². The number of hydrogen-bond acceptors (Lipinski definition) is 2. The smallest absolute Gasteiger partial charge is 0.126 e. The molecule has 3 rings (SSSR count). The molecule has 0 aromatic heterocycles. The lowest BCUT2D eigenvalue weighted by molar-refractivity contribution is 0.0884. The minimum atomic E-state index is -0.169. The van der Waals surface area contributed by atoms with Gasteiger partial charge in [0.25, 0.3) is 0 Å². The van der Waals surface area contributed by atoms with Crippen molar-refractivity contribution in [1.82, 2.24) is 0 Å². The third kappa shape index (κ3) is 2.33. The standard InChI is InChI=1S/C14H17BrFNO/c15-9-1-3-12(16)8(5-9)6-13(17)11-7-10-2-4-14(11)18-10/h1,3,5,10-11,13-14H,2,4,6-7,17H2. The summed E-state index contributed by atoms with van der Waals surface area (Å²) in [4.78, 5) is 0. The molecule has 4 heteroatoms. The molecule has 1 aromatic carbocycles. The summed E-state index contributed by atoms with van der Waals surface area (Å²) in [7, 11) is 0. The van der Waals surface area contributed by atoms with Crippen LogP contribution in [0.1, 0.15) is 24.8 Å². The minimum absolute atomic E-state index is 0.0101. The van der Waals surface area contributed by atoms with Crippen molar-refractivity contribution in [2.24, 2.45) is 11.7 Å². The van der Waals surface area contributed by atoms with E-state index >= 15 is 0 Å². The van der Waals surface area contributed by atoms with Gasteiger partial charge in [-0.2, -0.15) is 0 Å². The van der Waals surface area contributed by atoms with Gasteiger partial charge in [-0.25, -0.2) is 4.39 Å². The normalized spacial score (nSPS) is 31.8. The van der Waals surface area contributed by atoms with Crippen molar-refractivity contribution in [3.63, 3.8) is 0 Å². The van der Waals surface area contributed by atoms with Gasteiger partial charge in [-0.15, -0.1) is 0 Å². The Morgan fingerprint density at radius 3 is 2.94 bits per heavy atom. The van der Waals surface area contributed by atoms with Crippen LogP contribution in [0.25, 0.3) is 0 Å². The van der Waals surface area contributed by atoms with Crippen LogP contribution in [0.5, 0.6) is 0 Å². The molecule has 4 atom stereocenters. The van der Waals surface area contributed by atoms with E-state index in [1.54, 1.807) is 6.07 Å². The molecule has 1 aromatic rings. The molecule has 98 valence electrons. The molecule has 2 nitrogen and oxygen atoms in total. The third-order valence-corrected chi connectivity index (χ3v) is 4.66. The molecule has 0 saturated carbocycles. The minimum Gasteiger partial charge on any atom is -0.375 e. The Labute approximate surface area is 115 Å². The number of halogens is 2. The van der Waals surface area contributed by atoms with Crippen molar-refractivity contribution >= 4 is 15.9 Å². The first-order valence-corrected chi connectivity index (χ1v) is 7.28. The highest BCUT2D eigenvalue weighted by Gasteiger charge is 2.43. The van der Waals surface area contributed by atoms with Crippen LogP contribution >= 0.6 is 15.9 Å². The van der Waals surface area contributed by atoms with Crippen LogP contribution in [0.2, 0.25) is 0 Å². The van der Waals surface area contributed by atoms with Crippen LogP contribution in [-0.4, -0.2) is 18.2 Å². The Hall–Kier alpha value is -0.450. The third-order valence-electron chi connectivity index (χ3n) is 4.17. The fourth-order valence-electron chi connectivity index (χ4n) is 3.23. The second-order valence-corrected chi connectivity index (χ2v) is 6.29. The van der Waals surface area contributed by atoms with E-state index in [9.17, 15) is 4.39 Å². The van der Waals surface area contributed by atoms with Crippen molar-refractivity contribution in [1.29, 1.82) is 0 Å². The van der Waals surface area contributed by atoms with Gasteiger partial charge in [0.05, 0.1) is 12.2 Å². The highest BCUT2D eigenvalue weighted by molar-refractivity contribution is 9.10. The number of fused-ring (bicyclic) bond motifs is 2. The highest BCUT2D eigenvalue weighted by atomic mass is 79.9. The van der Waals surface area contributed by atoms with Gasteiger partial charge in [-0.3, -0.25) is 0 Å². The second-order valence-electron chi connectivity index (χ2n) is 5.38. The SMILES string of the molecule is NC(Cc1cc(Br)ccc1F)C1CC2CCC1O2. The molecular weight excluding hydrogens is 297 g/mol. The first-order chi connectivity index (χ1) is 8.63. The summed E-state index contributed by atoms with van der Waals surface area (Å²) in [5.41, 5.74) is 6.95. The molecule has 2 aliphatic rings. The summed E-state index contributed by atoms with van der Waals surface area (Å²) in [5, 5.41) is 0. The number of benzene rings is 1. The maximum atomic E-state index is 13.7. The van der Waals surface area contributed by atoms with Crippen molar-refractivity contribution in [2.75, 3.05) is 0 Å². The van der Waals surface area contributed by atoms with Crippen molar-refractivity contribution < 1.29 is 9.13 Å². The van der Waals surface area contributed by atoms with E-state index in [4.69, 9.17) is 10.5 Å². The van der Waals surface area contributed by atoms with Crippen LogP contribution < -0.4 is 5.73 Å². The monoisotopic (exact) mass is 313 g/mol. The highest BCUT2D eigenvalue weighted by Crippen LogP contribution is 2.40. The molecule has 0 spiro atoms. The molecule has 2 aliphatic heterocycles. The van der Waals surface area contributed by atoms with Gasteiger partial charge >= 0.3 is 0 Å². The van der Waals surface area contributed by atoms with Gasteiger partial charge in [0.2, 0.25) is 0 Å². The lowest BCUT2D eigenvalue weighted by Crippen LogP contribution is -2.38. The molecule has 0 aliphatic carbocycles. The molecule has 2 fully saturated rings. The zero-order valence-corrected chi connectivity index (χ0v) is 11.7. The Bertz CT molecular complexity index is 453. The van der Waals surface area contributed by atoms with Crippen LogP contribution in [0.3, 0.4) is 0 Å². The summed E-state index contributed by atoms with van der Waals surface area (Å²) in [6, 6.07) is 5.02. The maximum Gasteiger partial charge on any atom is 0.126 e. The first-order valence-electron chi connectivity index (χ1n) is 6.48. The lowest BCUT2D eigenvalue weighted by Gasteiger charge is -2.25.